The summed E-state index contributed by atoms with van der Waals surface area (Å²) in [5, 5.41) is 5.91. The second kappa shape index (κ2) is 8.82. The Hall–Kier alpha value is -2.38. The van der Waals surface area contributed by atoms with Crippen LogP contribution in [0.5, 0.6) is 0 Å². The number of nitrogens with one attached hydrogen (secondary N) is 3. The molecule has 0 aliphatic carbocycles. The lowest BCUT2D eigenvalue weighted by Crippen LogP contribution is -2.32. The van der Waals surface area contributed by atoms with E-state index in [1.54, 1.807) is 31.2 Å². The molecule has 0 aliphatic rings. The van der Waals surface area contributed by atoms with Crippen molar-refractivity contribution in [2.75, 3.05) is 24.4 Å². The molecule has 0 aromatic heterocycles. The molecule has 0 saturated heterocycles. The number of likely N-dealkylation sites (N-methyl/N-ethyl adjacent to an activating group) is 1. The summed E-state index contributed by atoms with van der Waals surface area (Å²) in [5.74, 6) is -0.284. The minimum absolute atomic E-state index is 0.0569. The van der Waals surface area contributed by atoms with Gasteiger partial charge in [0.05, 0.1) is 4.90 Å². The molecule has 2 aromatic carbocycles. The lowest BCUT2D eigenvalue weighted by atomic mass is 10.1. The molecular formula is C19H25N3O3S. The number of rotatable bonds is 8. The Morgan fingerprint density at radius 3 is 2.50 bits per heavy atom. The summed E-state index contributed by atoms with van der Waals surface area (Å²) in [6.07, 6.45) is 0. The molecule has 0 atom stereocenters. The largest absolute Gasteiger partial charge is 0.351 e. The summed E-state index contributed by atoms with van der Waals surface area (Å²) in [6.45, 7) is 7.62. The van der Waals surface area contributed by atoms with Crippen molar-refractivity contribution in [3.63, 3.8) is 0 Å². The summed E-state index contributed by atoms with van der Waals surface area (Å²) in [6, 6.07) is 11.7. The summed E-state index contributed by atoms with van der Waals surface area (Å²) in [5.41, 5.74) is 2.52. The van der Waals surface area contributed by atoms with Gasteiger partial charge in [-0.3, -0.25) is 9.52 Å². The van der Waals surface area contributed by atoms with Gasteiger partial charge < -0.3 is 10.6 Å². The van der Waals surface area contributed by atoms with Crippen molar-refractivity contribution in [2.45, 2.75) is 25.7 Å². The molecular weight excluding hydrogens is 350 g/mol. The van der Waals surface area contributed by atoms with Crippen LogP contribution in [-0.4, -0.2) is 34.0 Å². The van der Waals surface area contributed by atoms with Crippen LogP contribution in [0.2, 0.25) is 0 Å². The molecule has 0 heterocycles. The monoisotopic (exact) mass is 375 g/mol. The highest BCUT2D eigenvalue weighted by molar-refractivity contribution is 7.92. The second-order valence-electron chi connectivity index (χ2n) is 6.06. The molecule has 0 radical (unpaired) electrons. The second-order valence-corrected chi connectivity index (χ2v) is 7.74. The van der Waals surface area contributed by atoms with Crippen LogP contribution < -0.4 is 15.4 Å². The fourth-order valence-electron chi connectivity index (χ4n) is 2.47. The standard InChI is InChI=1S/C19H25N3O3S/c1-4-20-10-11-21-19(23)18-13-17(9-8-15(18)3)26(24,25)22-16-7-5-6-14(2)12-16/h5-9,12-13,20,22H,4,10-11H2,1-3H3,(H,21,23). The minimum Gasteiger partial charge on any atom is -0.351 e. The van der Waals surface area contributed by atoms with Crippen molar-refractivity contribution < 1.29 is 13.2 Å². The third kappa shape index (κ3) is 5.31. The van der Waals surface area contributed by atoms with Crippen LogP contribution in [0.15, 0.2) is 47.4 Å². The van der Waals surface area contributed by atoms with Crippen molar-refractivity contribution in [1.82, 2.24) is 10.6 Å². The molecule has 0 spiro atoms. The number of amides is 1. The number of carbonyl (C=O) groups is 1. The number of benzene rings is 2. The molecule has 3 N–H and O–H groups in total. The van der Waals surface area contributed by atoms with Crippen molar-refractivity contribution in [3.8, 4) is 0 Å². The maximum Gasteiger partial charge on any atom is 0.261 e. The van der Waals surface area contributed by atoms with Crippen molar-refractivity contribution in [2.24, 2.45) is 0 Å². The van der Waals surface area contributed by atoms with Crippen LogP contribution in [0.4, 0.5) is 5.69 Å². The molecule has 26 heavy (non-hydrogen) atoms. The molecule has 0 saturated carbocycles. The Bertz CT molecular complexity index is 879. The molecule has 0 aliphatic heterocycles. The Morgan fingerprint density at radius 2 is 1.81 bits per heavy atom. The van der Waals surface area contributed by atoms with E-state index < -0.39 is 10.0 Å². The smallest absolute Gasteiger partial charge is 0.261 e. The van der Waals surface area contributed by atoms with Gasteiger partial charge in [0.2, 0.25) is 0 Å². The van der Waals surface area contributed by atoms with Gasteiger partial charge in [-0.25, -0.2) is 8.42 Å². The molecule has 0 unspecified atom stereocenters. The van der Waals surface area contributed by atoms with E-state index in [2.05, 4.69) is 15.4 Å². The van der Waals surface area contributed by atoms with Crippen LogP contribution in [0, 0.1) is 13.8 Å². The molecule has 2 aromatic rings. The van der Waals surface area contributed by atoms with E-state index in [4.69, 9.17) is 0 Å². The number of hydrogen-bond donors (Lipinski definition) is 3. The average molecular weight is 375 g/mol. The van der Waals surface area contributed by atoms with Crippen LogP contribution in [0.1, 0.15) is 28.4 Å². The predicted octanol–water partition coefficient (Wildman–Crippen LogP) is 2.44. The van der Waals surface area contributed by atoms with Crippen molar-refractivity contribution in [1.29, 1.82) is 0 Å². The van der Waals surface area contributed by atoms with Gasteiger partial charge in [-0.1, -0.05) is 25.1 Å². The van der Waals surface area contributed by atoms with E-state index in [1.807, 2.05) is 19.9 Å². The van der Waals surface area contributed by atoms with Gasteiger partial charge in [0.15, 0.2) is 0 Å². The molecule has 1 amide bonds. The number of anilines is 1. The third-order valence-corrected chi connectivity index (χ3v) is 5.25. The Morgan fingerprint density at radius 1 is 1.04 bits per heavy atom. The third-order valence-electron chi connectivity index (χ3n) is 3.87. The highest BCUT2D eigenvalue weighted by Crippen LogP contribution is 2.20. The summed E-state index contributed by atoms with van der Waals surface area (Å²) >= 11 is 0. The topological polar surface area (TPSA) is 87.3 Å². The maximum absolute atomic E-state index is 12.6. The molecule has 0 fully saturated rings. The van der Waals surface area contributed by atoms with Gasteiger partial charge >= 0.3 is 0 Å². The molecule has 2 rings (SSSR count). The van der Waals surface area contributed by atoms with Gasteiger partial charge in [-0.15, -0.1) is 0 Å². The first-order chi connectivity index (χ1) is 12.3. The fourth-order valence-corrected chi connectivity index (χ4v) is 3.55. The van der Waals surface area contributed by atoms with E-state index >= 15 is 0 Å². The van der Waals surface area contributed by atoms with Gasteiger partial charge in [-0.05, 0) is 55.8 Å². The zero-order chi connectivity index (χ0) is 19.2. The van der Waals surface area contributed by atoms with Gasteiger partial charge in [-0.2, -0.15) is 0 Å². The van der Waals surface area contributed by atoms with Crippen molar-refractivity contribution in [3.05, 3.63) is 59.2 Å². The summed E-state index contributed by atoms with van der Waals surface area (Å²) < 4.78 is 27.8. The Balaban J connectivity index is 2.20. The lowest BCUT2D eigenvalue weighted by Gasteiger charge is -2.12. The Kier molecular flexibility index (Phi) is 6.76. The number of sulfonamides is 1. The molecule has 6 nitrogen and oxygen atoms in total. The van der Waals surface area contributed by atoms with E-state index in [0.29, 0.717) is 24.3 Å². The number of aryl methyl sites for hydroxylation is 2. The van der Waals surface area contributed by atoms with E-state index in [9.17, 15) is 13.2 Å². The first-order valence-electron chi connectivity index (χ1n) is 8.52. The van der Waals surface area contributed by atoms with Gasteiger partial charge in [0, 0.05) is 24.3 Å². The zero-order valence-corrected chi connectivity index (χ0v) is 16.1. The molecule has 7 heteroatoms. The normalized spacial score (nSPS) is 11.2. The lowest BCUT2D eigenvalue weighted by molar-refractivity contribution is 0.0953. The zero-order valence-electron chi connectivity index (χ0n) is 15.3. The molecule has 0 bridgehead atoms. The quantitative estimate of drug-likeness (QED) is 0.619. The highest BCUT2D eigenvalue weighted by Gasteiger charge is 2.18. The van der Waals surface area contributed by atoms with Gasteiger partial charge in [0.1, 0.15) is 0 Å². The highest BCUT2D eigenvalue weighted by atomic mass is 32.2. The minimum atomic E-state index is -3.77. The van der Waals surface area contributed by atoms with Crippen LogP contribution in [0.25, 0.3) is 0 Å². The first-order valence-corrected chi connectivity index (χ1v) is 10.0. The van der Waals surface area contributed by atoms with E-state index in [-0.39, 0.29) is 10.8 Å². The number of hydrogen-bond acceptors (Lipinski definition) is 4. The van der Waals surface area contributed by atoms with Crippen molar-refractivity contribution >= 4 is 21.6 Å². The summed E-state index contributed by atoms with van der Waals surface area (Å²) in [4.78, 5) is 12.4. The predicted molar refractivity (Wildman–Crippen MR) is 104 cm³/mol. The maximum atomic E-state index is 12.6. The van der Waals surface area contributed by atoms with E-state index in [1.165, 1.54) is 12.1 Å². The van der Waals surface area contributed by atoms with E-state index in [0.717, 1.165) is 17.7 Å². The SMILES string of the molecule is CCNCCNC(=O)c1cc(S(=O)(=O)Nc2cccc(C)c2)ccc1C. The average Bonchev–Trinajstić information content (AvgIpc) is 2.58. The fraction of sp³-hybridized carbons (Fsp3) is 0.316. The van der Waals surface area contributed by atoms with Crippen LogP contribution >= 0.6 is 0 Å². The summed E-state index contributed by atoms with van der Waals surface area (Å²) in [7, 11) is -3.77. The Labute approximate surface area is 155 Å². The van der Waals surface area contributed by atoms with Crippen LogP contribution in [-0.2, 0) is 10.0 Å². The first kappa shape index (κ1) is 19.9. The number of carbonyl (C=O) groups excluding carboxylic acids is 1. The van der Waals surface area contributed by atoms with Gasteiger partial charge in [0.25, 0.3) is 15.9 Å². The van der Waals surface area contributed by atoms with Crippen LogP contribution in [0.3, 0.4) is 0 Å². The molecule has 140 valence electrons.